The molecule has 4 N–H and O–H groups in total. The molecule has 0 unspecified atom stereocenters. The van der Waals surface area contributed by atoms with Crippen LogP contribution in [0.15, 0.2) is 60.9 Å². The van der Waals surface area contributed by atoms with Crippen molar-refractivity contribution in [3.63, 3.8) is 0 Å². The lowest BCUT2D eigenvalue weighted by molar-refractivity contribution is 0.0729. The second-order valence-corrected chi connectivity index (χ2v) is 25.3. The maximum Gasteiger partial charge on any atom is 0.410 e. The van der Waals surface area contributed by atoms with Gasteiger partial charge in [0.15, 0.2) is 8.32 Å². The molecule has 6 aromatic heterocycles. The van der Waals surface area contributed by atoms with Gasteiger partial charge in [0, 0.05) is 43.6 Å². The van der Waals surface area contributed by atoms with Crippen LogP contribution in [0.25, 0.3) is 23.0 Å². The number of hydrogen-bond donors (Lipinski definition) is 4. The fraction of sp³-hybridized carbons (Fsp3) is 0.480. The summed E-state index contributed by atoms with van der Waals surface area (Å²) in [7, 11) is -1.90. The SMILES string of the molecule is CC(C)OC(=O)Cl.CC(C)OC(=O)N1CCc2cnc(C(=O)Nc3cccc(-c4nnnn4[C@H](C)CO)n3)cc2C1.C[C@H](CO[Si](C)(C)C(C)(C)C)n1nnnc1-c1cccc(NC(=O)c2cc3c(cn2)CCNC3)n1. The molecule has 3 amide bonds. The van der Waals surface area contributed by atoms with Crippen LogP contribution in [0.1, 0.15) is 118 Å². The minimum Gasteiger partial charge on any atom is -0.451 e. The molecule has 24 nitrogen and oxygen atoms in total. The number of fused-ring (bicyclic) bond motifs is 2. The Morgan fingerprint density at radius 1 is 0.750 bits per heavy atom. The van der Waals surface area contributed by atoms with Crippen LogP contribution < -0.4 is 16.0 Å². The van der Waals surface area contributed by atoms with Crippen molar-refractivity contribution in [1.82, 2.24) is 70.6 Å². The number of aliphatic hydroxyl groups is 1. The molecule has 0 bridgehead atoms. The van der Waals surface area contributed by atoms with Crippen molar-refractivity contribution in [2.24, 2.45) is 0 Å². The highest BCUT2D eigenvalue weighted by Gasteiger charge is 2.38. The quantitative estimate of drug-likeness (QED) is 0.0618. The van der Waals surface area contributed by atoms with Crippen LogP contribution in [-0.4, -0.2) is 141 Å². The van der Waals surface area contributed by atoms with Crippen molar-refractivity contribution in [2.45, 2.75) is 131 Å². The number of nitrogens with one attached hydrogen (secondary N) is 3. The molecule has 76 heavy (non-hydrogen) atoms. The Labute approximate surface area is 447 Å². The van der Waals surface area contributed by atoms with E-state index >= 15 is 0 Å². The summed E-state index contributed by atoms with van der Waals surface area (Å²) in [6.07, 6.45) is 4.34. The molecular formula is C50H67ClN16O8Si. The van der Waals surface area contributed by atoms with E-state index in [9.17, 15) is 24.3 Å². The number of aromatic nitrogens is 12. The summed E-state index contributed by atoms with van der Waals surface area (Å²) in [5, 5.41) is 42.2. The van der Waals surface area contributed by atoms with Crippen LogP contribution in [0.5, 0.6) is 0 Å². The topological polar surface area (TPSA) is 294 Å². The summed E-state index contributed by atoms with van der Waals surface area (Å²) in [4.78, 5) is 67.1. The van der Waals surface area contributed by atoms with Gasteiger partial charge < -0.3 is 39.9 Å². The lowest BCUT2D eigenvalue weighted by atomic mass is 10.0. The molecule has 26 heteroatoms. The molecule has 2 aliphatic rings. The zero-order valence-corrected chi connectivity index (χ0v) is 46.5. The molecule has 6 aromatic rings. The average Bonchev–Trinajstić information content (AvgIpc) is 4.10. The second kappa shape index (κ2) is 26.0. The Hall–Kier alpha value is -7.19. The summed E-state index contributed by atoms with van der Waals surface area (Å²) >= 11 is 4.81. The molecule has 2 aliphatic heterocycles. The number of carbonyl (C=O) groups excluding carboxylic acids is 4. The van der Waals surface area contributed by atoms with E-state index in [-0.39, 0.29) is 53.6 Å². The molecular weight excluding hydrogens is 1020 g/mol. The normalized spacial score (nSPS) is 14.0. The predicted octanol–water partition coefficient (Wildman–Crippen LogP) is 7.22. The maximum atomic E-state index is 12.9. The van der Waals surface area contributed by atoms with Crippen molar-refractivity contribution >= 4 is 54.9 Å². The fourth-order valence-corrected chi connectivity index (χ4v) is 8.56. The van der Waals surface area contributed by atoms with E-state index in [2.05, 4.69) is 106 Å². The van der Waals surface area contributed by atoms with Gasteiger partial charge in [-0.05, 0) is 159 Å². The van der Waals surface area contributed by atoms with Gasteiger partial charge in [-0.25, -0.2) is 28.9 Å². The van der Waals surface area contributed by atoms with Gasteiger partial charge >= 0.3 is 11.5 Å². The molecule has 2 atom stereocenters. The van der Waals surface area contributed by atoms with Gasteiger partial charge in [0.2, 0.25) is 11.6 Å². The Kier molecular flexibility index (Phi) is 19.9. The van der Waals surface area contributed by atoms with Gasteiger partial charge in [0.05, 0.1) is 37.5 Å². The number of halogens is 1. The maximum absolute atomic E-state index is 12.9. The van der Waals surface area contributed by atoms with E-state index < -0.39 is 19.7 Å². The zero-order valence-electron chi connectivity index (χ0n) is 44.7. The van der Waals surface area contributed by atoms with Crippen LogP contribution in [0, 0.1) is 0 Å². The first kappa shape index (κ1) is 58.1. The molecule has 0 spiro atoms. The molecule has 8 rings (SSSR count). The van der Waals surface area contributed by atoms with Crippen molar-refractivity contribution in [3.05, 3.63) is 94.6 Å². The van der Waals surface area contributed by atoms with Gasteiger partial charge in [-0.1, -0.05) is 32.9 Å². The molecule has 8 heterocycles. The largest absolute Gasteiger partial charge is 0.451 e. The number of pyridine rings is 4. The molecule has 0 radical (unpaired) electrons. The fourth-order valence-electron chi connectivity index (χ4n) is 7.29. The minimum atomic E-state index is -1.90. The summed E-state index contributed by atoms with van der Waals surface area (Å²) in [5.74, 6) is 0.861. The molecule has 0 saturated carbocycles. The number of amides is 3. The summed E-state index contributed by atoms with van der Waals surface area (Å²) in [5.41, 5.74) is 4.97. The average molecular weight is 1080 g/mol. The number of rotatable bonds is 14. The first-order valence-electron chi connectivity index (χ1n) is 24.9. The van der Waals surface area contributed by atoms with E-state index in [4.69, 9.17) is 20.8 Å². The van der Waals surface area contributed by atoms with Crippen LogP contribution in [0.3, 0.4) is 0 Å². The highest BCUT2D eigenvalue weighted by molar-refractivity contribution is 6.74. The number of hydrogen-bond acceptors (Lipinski definition) is 19. The standard InChI is InChI=1S/C24H34N8O2Si.C22H26N8O4.C4H7ClO2/c1-16(15-34-35(5,6)24(2,3)4)32-22(29-30-31-32)19-8-7-9-21(27-19)28-23(33)20-12-18-13-25-11-10-17(18)14-26-20;1-13(2)34-22(33)29-8-7-15-10-23-18(9-16(15)11-29)21(32)25-19-6-4-5-17(24-19)20-26-27-28-30(20)14(3)12-31;1-3(2)7-4(5)6/h7-9,12,14,16,25H,10-11,13,15H2,1-6H3,(H,27,28,33);4-6,9-10,13-14,31H,7-8,11-12H2,1-3H3,(H,24,25,32);3H,1-2H3/t16-;14-;/m11./s1. The summed E-state index contributed by atoms with van der Waals surface area (Å²) in [6.45, 7) is 24.9. The number of ether oxygens (including phenoxy) is 2. The molecule has 0 fully saturated rings. The van der Waals surface area contributed by atoms with Gasteiger partial charge in [-0.3, -0.25) is 19.6 Å². The van der Waals surface area contributed by atoms with Crippen LogP contribution >= 0.6 is 11.6 Å². The summed E-state index contributed by atoms with van der Waals surface area (Å²) < 4.78 is 19.2. The zero-order chi connectivity index (χ0) is 55.3. The number of carbonyl (C=O) groups is 4. The highest BCUT2D eigenvalue weighted by atomic mass is 35.5. The van der Waals surface area contributed by atoms with Crippen molar-refractivity contribution < 1.29 is 38.2 Å². The molecule has 406 valence electrons. The number of tetrazole rings is 2. The summed E-state index contributed by atoms with van der Waals surface area (Å²) in [6, 6.07) is 13.6. The number of nitrogens with zero attached hydrogens (tertiary/aromatic N) is 13. The van der Waals surface area contributed by atoms with Crippen molar-refractivity contribution in [2.75, 3.05) is 36.9 Å². The van der Waals surface area contributed by atoms with E-state index in [0.717, 1.165) is 36.2 Å². The van der Waals surface area contributed by atoms with E-state index in [1.807, 2.05) is 25.1 Å². The van der Waals surface area contributed by atoms with Gasteiger partial charge in [0.1, 0.15) is 34.4 Å². The third kappa shape index (κ3) is 15.7. The van der Waals surface area contributed by atoms with Crippen LogP contribution in [-0.2, 0) is 39.8 Å². The smallest absolute Gasteiger partial charge is 0.410 e. The van der Waals surface area contributed by atoms with Crippen LogP contribution in [0.4, 0.5) is 21.2 Å². The van der Waals surface area contributed by atoms with Crippen LogP contribution in [0.2, 0.25) is 18.1 Å². The highest BCUT2D eigenvalue weighted by Crippen LogP contribution is 2.37. The van der Waals surface area contributed by atoms with Crippen molar-refractivity contribution in [3.8, 4) is 23.0 Å². The Bertz CT molecular complexity index is 2960. The monoisotopic (exact) mass is 1080 g/mol. The lowest BCUT2D eigenvalue weighted by Crippen LogP contribution is -2.42. The van der Waals surface area contributed by atoms with Gasteiger partial charge in [-0.15, -0.1) is 10.2 Å². The Morgan fingerprint density at radius 2 is 1.28 bits per heavy atom. The Balaban J connectivity index is 0.000000219. The van der Waals surface area contributed by atoms with E-state index in [0.29, 0.717) is 66.5 Å². The number of aliphatic hydroxyl groups excluding tert-OH is 1. The molecule has 0 aliphatic carbocycles. The lowest BCUT2D eigenvalue weighted by Gasteiger charge is -2.36. The predicted molar refractivity (Wildman–Crippen MR) is 285 cm³/mol. The second-order valence-electron chi connectivity index (χ2n) is 20.2. The van der Waals surface area contributed by atoms with E-state index in [1.54, 1.807) is 86.9 Å². The van der Waals surface area contributed by atoms with E-state index in [1.165, 1.54) is 10.2 Å². The molecule has 0 aromatic carbocycles. The minimum absolute atomic E-state index is 0.0810. The van der Waals surface area contributed by atoms with Gasteiger partial charge in [-0.2, -0.15) is 0 Å². The Morgan fingerprint density at radius 3 is 1.78 bits per heavy atom. The third-order valence-corrected chi connectivity index (χ3v) is 17.1. The molecule has 0 saturated heterocycles. The third-order valence-electron chi connectivity index (χ3n) is 12.5. The van der Waals surface area contributed by atoms with Crippen molar-refractivity contribution in [1.29, 1.82) is 0 Å². The van der Waals surface area contributed by atoms with Gasteiger partial charge in [0.25, 0.3) is 11.8 Å². The number of anilines is 2. The first-order valence-corrected chi connectivity index (χ1v) is 28.2. The first-order chi connectivity index (χ1) is 36.0.